The van der Waals surface area contributed by atoms with Gasteiger partial charge in [0.25, 0.3) is 0 Å². The average Bonchev–Trinajstić information content (AvgIpc) is 3.37. The van der Waals surface area contributed by atoms with E-state index in [4.69, 9.17) is 0 Å². The van der Waals surface area contributed by atoms with Crippen molar-refractivity contribution in [1.82, 2.24) is 4.57 Å². The molecule has 0 radical (unpaired) electrons. The van der Waals surface area contributed by atoms with Crippen LogP contribution in [0.1, 0.15) is 25.0 Å². The van der Waals surface area contributed by atoms with E-state index in [2.05, 4.69) is 135 Å². The van der Waals surface area contributed by atoms with Crippen LogP contribution in [0.25, 0.3) is 65.6 Å². The molecule has 6 aromatic carbocycles. The van der Waals surface area contributed by atoms with Gasteiger partial charge in [0.15, 0.2) is 0 Å². The van der Waals surface area contributed by atoms with Gasteiger partial charge in [-0.15, -0.1) is 0 Å². The smallest absolute Gasteiger partial charge is 0.0574 e. The zero-order valence-electron chi connectivity index (χ0n) is 21.3. The van der Waals surface area contributed by atoms with Crippen molar-refractivity contribution in [2.75, 3.05) is 0 Å². The predicted octanol–water partition coefficient (Wildman–Crippen LogP) is 9.61. The summed E-state index contributed by atoms with van der Waals surface area (Å²) in [5, 5.41) is 7.94. The topological polar surface area (TPSA) is 4.93 Å². The highest BCUT2D eigenvalue weighted by molar-refractivity contribution is 6.31. The van der Waals surface area contributed by atoms with Crippen LogP contribution in [0.2, 0.25) is 0 Å². The first-order chi connectivity index (χ1) is 18.0. The lowest BCUT2D eigenvalue weighted by molar-refractivity contribution is 0.660. The van der Waals surface area contributed by atoms with Crippen molar-refractivity contribution < 1.29 is 0 Å². The zero-order chi connectivity index (χ0) is 24.9. The van der Waals surface area contributed by atoms with Gasteiger partial charge in [-0.25, -0.2) is 0 Å². The molecule has 1 heterocycles. The van der Waals surface area contributed by atoms with Crippen molar-refractivity contribution >= 4 is 43.4 Å². The van der Waals surface area contributed by atoms with Crippen LogP contribution in [0.4, 0.5) is 0 Å². The fourth-order valence-electron chi connectivity index (χ4n) is 6.96. The summed E-state index contributed by atoms with van der Waals surface area (Å²) in [7, 11) is 2.21. The Morgan fingerprint density at radius 1 is 0.514 bits per heavy atom. The Kier molecular flexibility index (Phi) is 4.00. The SMILES string of the molecule is Cn1c2ccc(-c3ccc4c(c3)C(C)(C)c3ccccc3-4)cc2c2c3ccccc3c3ccccc3c21. The van der Waals surface area contributed by atoms with Crippen LogP contribution < -0.4 is 0 Å². The molecule has 0 fully saturated rings. The second-order valence-corrected chi connectivity index (χ2v) is 11.0. The normalized spacial score (nSPS) is 14.0. The maximum Gasteiger partial charge on any atom is 0.0574 e. The molecule has 7 aromatic rings. The Bertz CT molecular complexity index is 2070. The van der Waals surface area contributed by atoms with E-state index in [1.165, 1.54) is 76.7 Å². The number of aryl methyl sites for hydroxylation is 1. The highest BCUT2D eigenvalue weighted by Crippen LogP contribution is 2.50. The molecular weight excluding hydrogens is 446 g/mol. The summed E-state index contributed by atoms with van der Waals surface area (Å²) in [6.07, 6.45) is 0. The average molecular weight is 474 g/mol. The van der Waals surface area contributed by atoms with Crippen LogP contribution in [0.3, 0.4) is 0 Å². The summed E-state index contributed by atoms with van der Waals surface area (Å²) in [6.45, 7) is 4.71. The Balaban J connectivity index is 1.42. The van der Waals surface area contributed by atoms with Crippen molar-refractivity contribution in [3.05, 3.63) is 120 Å². The molecule has 0 N–H and O–H groups in total. The molecular formula is C36H27N. The minimum Gasteiger partial charge on any atom is -0.343 e. The largest absolute Gasteiger partial charge is 0.343 e. The maximum atomic E-state index is 2.43. The third-order valence-corrected chi connectivity index (χ3v) is 8.79. The van der Waals surface area contributed by atoms with Gasteiger partial charge in [0.05, 0.1) is 5.52 Å². The number of hydrogen-bond acceptors (Lipinski definition) is 0. The van der Waals surface area contributed by atoms with Gasteiger partial charge in [-0.3, -0.25) is 0 Å². The first-order valence-electron chi connectivity index (χ1n) is 13.1. The summed E-state index contributed by atoms with van der Waals surface area (Å²) in [5.74, 6) is 0. The van der Waals surface area contributed by atoms with Gasteiger partial charge < -0.3 is 4.57 Å². The van der Waals surface area contributed by atoms with Gasteiger partial charge in [-0.1, -0.05) is 105 Å². The third-order valence-electron chi connectivity index (χ3n) is 8.79. The van der Waals surface area contributed by atoms with E-state index in [1.54, 1.807) is 0 Å². The summed E-state index contributed by atoms with van der Waals surface area (Å²) >= 11 is 0. The number of rotatable bonds is 1. The standard InChI is InChI=1S/C36H27N/c1-36(2)31-15-9-8-12-26(31)27-18-16-23(21-32(27)36)22-17-19-33-30(20-22)34-28-13-6-4-10-24(28)25-11-5-7-14-29(25)35(34)37(33)3/h4-21H,1-3H3. The van der Waals surface area contributed by atoms with Crippen molar-refractivity contribution in [2.24, 2.45) is 7.05 Å². The highest BCUT2D eigenvalue weighted by atomic mass is 14.9. The lowest BCUT2D eigenvalue weighted by atomic mass is 9.81. The molecule has 0 spiro atoms. The molecule has 0 amide bonds. The quantitative estimate of drug-likeness (QED) is 0.209. The Morgan fingerprint density at radius 2 is 1.11 bits per heavy atom. The molecule has 1 aromatic heterocycles. The van der Waals surface area contributed by atoms with Crippen LogP contribution in [-0.2, 0) is 12.5 Å². The molecule has 0 saturated carbocycles. The van der Waals surface area contributed by atoms with Crippen LogP contribution >= 0.6 is 0 Å². The van der Waals surface area contributed by atoms with E-state index in [1.807, 2.05) is 0 Å². The molecule has 8 rings (SSSR count). The summed E-state index contributed by atoms with van der Waals surface area (Å²) in [4.78, 5) is 0. The van der Waals surface area contributed by atoms with Crippen molar-refractivity contribution in [2.45, 2.75) is 19.3 Å². The molecule has 1 nitrogen and oxygen atoms in total. The Morgan fingerprint density at radius 3 is 1.92 bits per heavy atom. The van der Waals surface area contributed by atoms with Gasteiger partial charge >= 0.3 is 0 Å². The first kappa shape index (κ1) is 20.8. The van der Waals surface area contributed by atoms with Crippen molar-refractivity contribution in [3.63, 3.8) is 0 Å². The number of benzene rings is 6. The van der Waals surface area contributed by atoms with Gasteiger partial charge in [-0.2, -0.15) is 0 Å². The number of fused-ring (bicyclic) bond motifs is 11. The van der Waals surface area contributed by atoms with E-state index in [-0.39, 0.29) is 5.41 Å². The fraction of sp³-hybridized carbons (Fsp3) is 0.111. The molecule has 0 atom stereocenters. The molecule has 1 heteroatoms. The van der Waals surface area contributed by atoms with Crippen LogP contribution in [-0.4, -0.2) is 4.57 Å². The zero-order valence-corrected chi connectivity index (χ0v) is 21.3. The van der Waals surface area contributed by atoms with E-state index in [0.717, 1.165) is 0 Å². The third kappa shape index (κ3) is 2.64. The van der Waals surface area contributed by atoms with E-state index in [9.17, 15) is 0 Å². The number of nitrogens with zero attached hydrogens (tertiary/aromatic N) is 1. The number of aromatic nitrogens is 1. The minimum absolute atomic E-state index is 0.000595. The molecule has 0 saturated heterocycles. The summed E-state index contributed by atoms with van der Waals surface area (Å²) < 4.78 is 2.38. The lowest BCUT2D eigenvalue weighted by Crippen LogP contribution is -2.14. The second-order valence-electron chi connectivity index (χ2n) is 11.0. The van der Waals surface area contributed by atoms with Gasteiger partial charge in [-0.05, 0) is 67.7 Å². The fourth-order valence-corrected chi connectivity index (χ4v) is 6.96. The summed E-state index contributed by atoms with van der Waals surface area (Å²) in [5.41, 5.74) is 10.7. The second kappa shape index (κ2) is 7.11. The summed E-state index contributed by atoms with van der Waals surface area (Å²) in [6, 6.07) is 40.6. The molecule has 1 aliphatic carbocycles. The molecule has 176 valence electrons. The lowest BCUT2D eigenvalue weighted by Gasteiger charge is -2.22. The predicted molar refractivity (Wildman–Crippen MR) is 158 cm³/mol. The monoisotopic (exact) mass is 473 g/mol. The van der Waals surface area contributed by atoms with E-state index >= 15 is 0 Å². The van der Waals surface area contributed by atoms with E-state index < -0.39 is 0 Å². The Hall–Kier alpha value is -4.36. The first-order valence-corrected chi connectivity index (χ1v) is 13.1. The van der Waals surface area contributed by atoms with Gasteiger partial charge in [0.1, 0.15) is 0 Å². The molecule has 0 bridgehead atoms. The van der Waals surface area contributed by atoms with Crippen LogP contribution in [0.15, 0.2) is 109 Å². The van der Waals surface area contributed by atoms with Crippen molar-refractivity contribution in [1.29, 1.82) is 0 Å². The molecule has 1 aliphatic rings. The van der Waals surface area contributed by atoms with Gasteiger partial charge in [0, 0.05) is 34.1 Å². The molecule has 0 unspecified atom stereocenters. The maximum absolute atomic E-state index is 2.43. The minimum atomic E-state index is 0.000595. The molecule has 37 heavy (non-hydrogen) atoms. The van der Waals surface area contributed by atoms with Gasteiger partial charge in [0.2, 0.25) is 0 Å². The Labute approximate surface area is 216 Å². The van der Waals surface area contributed by atoms with Crippen LogP contribution in [0, 0.1) is 0 Å². The molecule has 0 aliphatic heterocycles. The van der Waals surface area contributed by atoms with Crippen molar-refractivity contribution in [3.8, 4) is 22.3 Å². The van der Waals surface area contributed by atoms with E-state index in [0.29, 0.717) is 0 Å². The highest BCUT2D eigenvalue weighted by Gasteiger charge is 2.35. The number of hydrogen-bond donors (Lipinski definition) is 0. The van der Waals surface area contributed by atoms with Crippen LogP contribution in [0.5, 0.6) is 0 Å².